The third kappa shape index (κ3) is 4.66. The summed E-state index contributed by atoms with van der Waals surface area (Å²) in [5.41, 5.74) is 1.49. The molecule has 0 fully saturated rings. The predicted octanol–water partition coefficient (Wildman–Crippen LogP) is 2.13. The van der Waals surface area contributed by atoms with Gasteiger partial charge in [0.25, 0.3) is 0 Å². The van der Waals surface area contributed by atoms with Crippen molar-refractivity contribution >= 4 is 11.6 Å². The minimum atomic E-state index is -0.131. The lowest BCUT2D eigenvalue weighted by Crippen LogP contribution is -2.32. The number of amides is 1. The molecule has 24 heavy (non-hydrogen) atoms. The molecule has 1 heterocycles. The van der Waals surface area contributed by atoms with Gasteiger partial charge in [-0.05, 0) is 20.0 Å². The van der Waals surface area contributed by atoms with Crippen molar-refractivity contribution in [2.75, 3.05) is 33.1 Å². The van der Waals surface area contributed by atoms with Crippen LogP contribution in [0.25, 0.3) is 0 Å². The number of nitrogens with zero attached hydrogens (tertiary/aromatic N) is 3. The van der Waals surface area contributed by atoms with E-state index in [1.54, 1.807) is 38.6 Å². The first-order valence-electron chi connectivity index (χ1n) is 7.52. The minimum Gasteiger partial charge on any atom is -0.497 e. The molecule has 0 saturated carbocycles. The SMILES string of the molecule is COc1cc(NC(=O)CN(C)[C@@H](C)c2ccncn2)cc(OC)c1. The molecule has 1 aromatic heterocycles. The van der Waals surface area contributed by atoms with E-state index in [1.807, 2.05) is 24.9 Å². The first-order chi connectivity index (χ1) is 11.5. The number of ether oxygens (including phenoxy) is 2. The lowest BCUT2D eigenvalue weighted by molar-refractivity contribution is -0.117. The number of nitrogens with one attached hydrogen (secondary N) is 1. The fourth-order valence-electron chi connectivity index (χ4n) is 2.22. The number of rotatable bonds is 7. The van der Waals surface area contributed by atoms with Gasteiger partial charge < -0.3 is 14.8 Å². The molecule has 1 aromatic carbocycles. The van der Waals surface area contributed by atoms with Crippen molar-refractivity contribution in [2.45, 2.75) is 13.0 Å². The zero-order chi connectivity index (χ0) is 17.5. The van der Waals surface area contributed by atoms with Crippen LogP contribution in [0, 0.1) is 0 Å². The monoisotopic (exact) mass is 330 g/mol. The number of methoxy groups -OCH3 is 2. The van der Waals surface area contributed by atoms with Gasteiger partial charge in [-0.3, -0.25) is 9.69 Å². The van der Waals surface area contributed by atoms with Crippen molar-refractivity contribution in [3.63, 3.8) is 0 Å². The Hall–Kier alpha value is -2.67. The van der Waals surface area contributed by atoms with E-state index >= 15 is 0 Å². The summed E-state index contributed by atoms with van der Waals surface area (Å²) in [5.74, 6) is 1.11. The van der Waals surface area contributed by atoms with Crippen LogP contribution in [0.4, 0.5) is 5.69 Å². The van der Waals surface area contributed by atoms with Crippen LogP contribution in [-0.2, 0) is 4.79 Å². The quantitative estimate of drug-likeness (QED) is 0.838. The Kier molecular flexibility index (Phi) is 6.08. The molecule has 0 saturated heterocycles. The second-order valence-electron chi connectivity index (χ2n) is 5.37. The standard InChI is InChI=1S/C17H22N4O3/c1-12(16-5-6-18-11-19-16)21(2)10-17(22)20-13-7-14(23-3)9-15(8-13)24-4/h5-9,11-12H,10H2,1-4H3,(H,20,22)/t12-/m0/s1. The smallest absolute Gasteiger partial charge is 0.238 e. The Bertz CT molecular complexity index is 657. The fraction of sp³-hybridized carbons (Fsp3) is 0.353. The number of benzene rings is 1. The normalized spacial score (nSPS) is 11.9. The molecule has 0 unspecified atom stereocenters. The van der Waals surface area contributed by atoms with Gasteiger partial charge in [0.15, 0.2) is 0 Å². The second-order valence-corrected chi connectivity index (χ2v) is 5.37. The number of aromatic nitrogens is 2. The van der Waals surface area contributed by atoms with E-state index in [2.05, 4.69) is 15.3 Å². The van der Waals surface area contributed by atoms with Gasteiger partial charge in [0.05, 0.1) is 26.5 Å². The predicted molar refractivity (Wildman–Crippen MR) is 91.3 cm³/mol. The molecule has 0 aliphatic rings. The molecule has 0 radical (unpaired) electrons. The van der Waals surface area contributed by atoms with Crippen LogP contribution in [0.3, 0.4) is 0 Å². The summed E-state index contributed by atoms with van der Waals surface area (Å²) < 4.78 is 10.4. The van der Waals surface area contributed by atoms with Crippen LogP contribution < -0.4 is 14.8 Å². The highest BCUT2D eigenvalue weighted by atomic mass is 16.5. The Morgan fingerprint density at radius 2 is 1.92 bits per heavy atom. The molecule has 2 rings (SSSR count). The molecule has 0 bridgehead atoms. The van der Waals surface area contributed by atoms with Crippen molar-refractivity contribution in [3.05, 3.63) is 42.5 Å². The van der Waals surface area contributed by atoms with Gasteiger partial charge in [0.2, 0.25) is 5.91 Å². The third-order valence-electron chi connectivity index (χ3n) is 3.72. The highest BCUT2D eigenvalue weighted by Gasteiger charge is 2.16. The van der Waals surface area contributed by atoms with Gasteiger partial charge in [0.1, 0.15) is 17.8 Å². The van der Waals surface area contributed by atoms with Crippen LogP contribution >= 0.6 is 0 Å². The zero-order valence-electron chi connectivity index (χ0n) is 14.3. The highest BCUT2D eigenvalue weighted by molar-refractivity contribution is 5.92. The summed E-state index contributed by atoms with van der Waals surface area (Å²) in [7, 11) is 5.01. The largest absolute Gasteiger partial charge is 0.497 e. The van der Waals surface area contributed by atoms with Gasteiger partial charge in [-0.2, -0.15) is 0 Å². The topological polar surface area (TPSA) is 76.6 Å². The van der Waals surface area contributed by atoms with Crippen molar-refractivity contribution in [2.24, 2.45) is 0 Å². The maximum atomic E-state index is 12.3. The number of hydrogen-bond donors (Lipinski definition) is 1. The van der Waals surface area contributed by atoms with E-state index in [-0.39, 0.29) is 18.5 Å². The molecule has 0 aliphatic carbocycles. The van der Waals surface area contributed by atoms with Crippen molar-refractivity contribution in [3.8, 4) is 11.5 Å². The van der Waals surface area contributed by atoms with E-state index in [1.165, 1.54) is 6.33 Å². The van der Waals surface area contributed by atoms with Crippen LogP contribution in [0.1, 0.15) is 18.7 Å². The first kappa shape index (κ1) is 17.7. The number of carbonyl (C=O) groups is 1. The molecule has 1 atom stereocenters. The fourth-order valence-corrected chi connectivity index (χ4v) is 2.22. The lowest BCUT2D eigenvalue weighted by Gasteiger charge is -2.23. The summed E-state index contributed by atoms with van der Waals surface area (Å²) in [4.78, 5) is 22.3. The number of likely N-dealkylation sites (N-methyl/N-ethyl adjacent to an activating group) is 1. The summed E-state index contributed by atoms with van der Waals surface area (Å²) in [6.45, 7) is 2.22. The van der Waals surface area contributed by atoms with E-state index in [0.29, 0.717) is 17.2 Å². The summed E-state index contributed by atoms with van der Waals surface area (Å²) in [6, 6.07) is 7.08. The first-order valence-corrected chi connectivity index (χ1v) is 7.52. The molecular formula is C17H22N4O3. The number of carbonyl (C=O) groups excluding carboxylic acids is 1. The number of hydrogen-bond acceptors (Lipinski definition) is 6. The van der Waals surface area contributed by atoms with Crippen LogP contribution in [0.2, 0.25) is 0 Å². The third-order valence-corrected chi connectivity index (χ3v) is 3.72. The molecule has 0 aliphatic heterocycles. The van der Waals surface area contributed by atoms with Gasteiger partial charge in [-0.1, -0.05) is 0 Å². The molecule has 7 nitrogen and oxygen atoms in total. The Morgan fingerprint density at radius 3 is 2.46 bits per heavy atom. The Morgan fingerprint density at radius 1 is 1.25 bits per heavy atom. The van der Waals surface area contributed by atoms with Crippen LogP contribution in [-0.4, -0.2) is 48.6 Å². The highest BCUT2D eigenvalue weighted by Crippen LogP contribution is 2.25. The van der Waals surface area contributed by atoms with Crippen LogP contribution in [0.5, 0.6) is 11.5 Å². The van der Waals surface area contributed by atoms with Gasteiger partial charge in [0, 0.05) is 36.1 Å². The summed E-state index contributed by atoms with van der Waals surface area (Å²) in [5, 5.41) is 2.86. The molecule has 128 valence electrons. The molecule has 0 spiro atoms. The molecule has 2 aromatic rings. The summed E-state index contributed by atoms with van der Waals surface area (Å²) >= 11 is 0. The molecule has 7 heteroatoms. The minimum absolute atomic E-state index is 0.00130. The van der Waals surface area contributed by atoms with E-state index < -0.39 is 0 Å². The van der Waals surface area contributed by atoms with Crippen molar-refractivity contribution in [1.29, 1.82) is 0 Å². The second kappa shape index (κ2) is 8.26. The van der Waals surface area contributed by atoms with E-state index in [9.17, 15) is 4.79 Å². The van der Waals surface area contributed by atoms with Crippen LogP contribution in [0.15, 0.2) is 36.8 Å². The molecule has 1 N–H and O–H groups in total. The van der Waals surface area contributed by atoms with Crippen molar-refractivity contribution in [1.82, 2.24) is 14.9 Å². The van der Waals surface area contributed by atoms with Crippen molar-refractivity contribution < 1.29 is 14.3 Å². The maximum absolute atomic E-state index is 12.3. The van der Waals surface area contributed by atoms with Gasteiger partial charge in [-0.25, -0.2) is 9.97 Å². The lowest BCUT2D eigenvalue weighted by atomic mass is 10.2. The Labute approximate surface area is 141 Å². The van der Waals surface area contributed by atoms with Gasteiger partial charge >= 0.3 is 0 Å². The maximum Gasteiger partial charge on any atom is 0.238 e. The zero-order valence-corrected chi connectivity index (χ0v) is 14.3. The summed E-state index contributed by atoms with van der Waals surface area (Å²) in [6.07, 6.45) is 3.19. The van der Waals surface area contributed by atoms with E-state index in [4.69, 9.17) is 9.47 Å². The molecular weight excluding hydrogens is 308 g/mol. The number of anilines is 1. The van der Waals surface area contributed by atoms with Gasteiger partial charge in [-0.15, -0.1) is 0 Å². The van der Waals surface area contributed by atoms with E-state index in [0.717, 1.165) is 5.69 Å². The average molecular weight is 330 g/mol. The Balaban J connectivity index is 2.00. The molecule has 1 amide bonds. The average Bonchev–Trinajstić information content (AvgIpc) is 2.61.